The number of hydrogen-bond acceptors (Lipinski definition) is 5. The van der Waals surface area contributed by atoms with Crippen LogP contribution in [0.1, 0.15) is 22.2 Å². The van der Waals surface area contributed by atoms with Crippen LogP contribution in [0.5, 0.6) is 5.75 Å². The minimum atomic E-state index is -0.979. The van der Waals surface area contributed by atoms with Crippen LogP contribution in [-0.4, -0.2) is 23.9 Å². The Labute approximate surface area is 188 Å². The van der Waals surface area contributed by atoms with Crippen LogP contribution in [0.2, 0.25) is 0 Å². The first-order chi connectivity index (χ1) is 16.0. The second kappa shape index (κ2) is 7.94. The lowest BCUT2D eigenvalue weighted by Crippen LogP contribution is -2.31. The monoisotopic (exact) mass is 443 g/mol. The lowest BCUT2D eigenvalue weighted by molar-refractivity contribution is -0.117. The van der Waals surface area contributed by atoms with E-state index in [9.17, 15) is 19.1 Å². The molecular formula is C26H18FNO5. The number of ether oxygens (including phenoxy) is 1. The van der Waals surface area contributed by atoms with Gasteiger partial charge in [0.25, 0.3) is 5.91 Å². The van der Waals surface area contributed by atoms with E-state index in [1.54, 1.807) is 48.5 Å². The number of aliphatic hydroxyl groups is 1. The number of halogens is 1. The number of benzene rings is 3. The molecule has 2 heterocycles. The average molecular weight is 443 g/mol. The van der Waals surface area contributed by atoms with Crippen molar-refractivity contribution in [3.63, 3.8) is 0 Å². The number of Topliss-reactive ketones (excluding diaryl/α,β-unsaturated/α-hetero) is 1. The standard InChI is InChI=1S/C26H18FNO5/c1-32-19-12-10-18(11-13-19)28-23(15-6-8-17(27)9-7-15)22(25(30)26(28)31)24(29)21-14-16-4-2-3-5-20(16)33-21/h2-14,23,30H,1H3. The van der Waals surface area contributed by atoms with Gasteiger partial charge in [-0.25, -0.2) is 4.39 Å². The number of rotatable bonds is 5. The predicted molar refractivity (Wildman–Crippen MR) is 120 cm³/mol. The molecule has 3 aromatic carbocycles. The van der Waals surface area contributed by atoms with Crippen LogP contribution >= 0.6 is 0 Å². The third-order valence-electron chi connectivity index (χ3n) is 5.64. The molecule has 4 aromatic rings. The van der Waals surface area contributed by atoms with E-state index in [0.29, 0.717) is 22.6 Å². The maximum atomic E-state index is 13.6. The smallest absolute Gasteiger partial charge is 0.294 e. The SMILES string of the molecule is COc1ccc(N2C(=O)C(O)=C(C(=O)c3cc4ccccc4o3)C2c2ccc(F)cc2)cc1. The maximum Gasteiger partial charge on any atom is 0.294 e. The van der Waals surface area contributed by atoms with Gasteiger partial charge in [-0.1, -0.05) is 30.3 Å². The Morgan fingerprint density at radius 3 is 2.39 bits per heavy atom. The number of para-hydroxylation sites is 1. The third-order valence-corrected chi connectivity index (χ3v) is 5.64. The summed E-state index contributed by atoms with van der Waals surface area (Å²) in [5.74, 6) is -1.92. The molecule has 33 heavy (non-hydrogen) atoms. The van der Waals surface area contributed by atoms with Gasteiger partial charge >= 0.3 is 0 Å². The number of carbonyl (C=O) groups is 2. The topological polar surface area (TPSA) is 80.0 Å². The molecule has 0 radical (unpaired) electrons. The van der Waals surface area contributed by atoms with Crippen LogP contribution in [0.25, 0.3) is 11.0 Å². The summed E-state index contributed by atoms with van der Waals surface area (Å²) in [5.41, 5.74) is 1.27. The minimum absolute atomic E-state index is 0.00533. The molecule has 1 amide bonds. The van der Waals surface area contributed by atoms with Gasteiger partial charge in [-0.3, -0.25) is 14.5 Å². The van der Waals surface area contributed by atoms with Gasteiger partial charge in [0.1, 0.15) is 17.1 Å². The van der Waals surface area contributed by atoms with Crippen LogP contribution in [-0.2, 0) is 4.79 Å². The van der Waals surface area contributed by atoms with Gasteiger partial charge in [0, 0.05) is 11.1 Å². The molecule has 164 valence electrons. The van der Waals surface area contributed by atoms with Crippen molar-refractivity contribution in [3.8, 4) is 5.75 Å². The molecule has 5 rings (SSSR count). The van der Waals surface area contributed by atoms with E-state index in [0.717, 1.165) is 5.39 Å². The molecular weight excluding hydrogens is 425 g/mol. The molecule has 1 N–H and O–H groups in total. The summed E-state index contributed by atoms with van der Waals surface area (Å²) in [6, 6.07) is 19.8. The fourth-order valence-electron chi connectivity index (χ4n) is 4.03. The second-order valence-electron chi connectivity index (χ2n) is 7.57. The van der Waals surface area contributed by atoms with E-state index < -0.39 is 29.3 Å². The summed E-state index contributed by atoms with van der Waals surface area (Å²) in [5, 5.41) is 11.5. The van der Waals surface area contributed by atoms with E-state index in [1.165, 1.54) is 36.3 Å². The lowest BCUT2D eigenvalue weighted by Gasteiger charge is -2.27. The largest absolute Gasteiger partial charge is 0.503 e. The van der Waals surface area contributed by atoms with Crippen LogP contribution in [0.3, 0.4) is 0 Å². The van der Waals surface area contributed by atoms with Crippen LogP contribution in [0, 0.1) is 5.82 Å². The number of nitrogens with zero attached hydrogens (tertiary/aromatic N) is 1. The Morgan fingerprint density at radius 2 is 1.73 bits per heavy atom. The highest BCUT2D eigenvalue weighted by atomic mass is 19.1. The molecule has 1 aliphatic rings. The van der Waals surface area contributed by atoms with E-state index in [2.05, 4.69) is 0 Å². The molecule has 0 fully saturated rings. The summed E-state index contributed by atoms with van der Waals surface area (Å²) in [4.78, 5) is 28.0. The molecule has 0 aliphatic carbocycles. The van der Waals surface area contributed by atoms with E-state index >= 15 is 0 Å². The Hall–Kier alpha value is -4.39. The molecule has 1 aliphatic heterocycles. The molecule has 1 atom stereocenters. The predicted octanol–water partition coefficient (Wildman–Crippen LogP) is 5.36. The minimum Gasteiger partial charge on any atom is -0.503 e. The molecule has 0 saturated heterocycles. The number of furan rings is 1. The van der Waals surface area contributed by atoms with Gasteiger partial charge in [-0.05, 0) is 54.1 Å². The van der Waals surface area contributed by atoms with Crippen LogP contribution in [0.4, 0.5) is 10.1 Å². The fourth-order valence-corrected chi connectivity index (χ4v) is 4.03. The Kier molecular flexibility index (Phi) is 4.94. The van der Waals surface area contributed by atoms with Gasteiger partial charge in [-0.15, -0.1) is 0 Å². The quantitative estimate of drug-likeness (QED) is 0.420. The number of methoxy groups -OCH3 is 1. The Morgan fingerprint density at radius 1 is 1.03 bits per heavy atom. The highest BCUT2D eigenvalue weighted by molar-refractivity contribution is 6.20. The van der Waals surface area contributed by atoms with E-state index in [1.807, 2.05) is 6.07 Å². The first-order valence-electron chi connectivity index (χ1n) is 10.2. The zero-order valence-corrected chi connectivity index (χ0v) is 17.5. The Balaban J connectivity index is 1.64. The van der Waals surface area contributed by atoms with Crippen molar-refractivity contribution in [3.05, 3.63) is 107 Å². The third kappa shape index (κ3) is 3.43. The number of hydrogen-bond donors (Lipinski definition) is 1. The van der Waals surface area contributed by atoms with Crippen molar-refractivity contribution in [2.75, 3.05) is 12.0 Å². The highest BCUT2D eigenvalue weighted by Gasteiger charge is 2.45. The van der Waals surface area contributed by atoms with Crippen molar-refractivity contribution in [1.29, 1.82) is 0 Å². The zero-order valence-electron chi connectivity index (χ0n) is 17.5. The second-order valence-corrected chi connectivity index (χ2v) is 7.57. The van der Waals surface area contributed by atoms with Crippen LogP contribution in [0.15, 0.2) is 94.6 Å². The molecule has 7 heteroatoms. The van der Waals surface area contributed by atoms with Gasteiger partial charge in [-0.2, -0.15) is 0 Å². The number of anilines is 1. The first kappa shape index (κ1) is 20.5. The lowest BCUT2D eigenvalue weighted by atomic mass is 9.94. The van der Waals surface area contributed by atoms with Gasteiger partial charge in [0.15, 0.2) is 11.5 Å². The molecule has 0 spiro atoms. The number of aliphatic hydroxyl groups excluding tert-OH is 1. The summed E-state index contributed by atoms with van der Waals surface area (Å²) in [6.07, 6.45) is 0. The highest BCUT2D eigenvalue weighted by Crippen LogP contribution is 2.42. The van der Waals surface area contributed by atoms with Crippen molar-refractivity contribution >= 4 is 28.3 Å². The summed E-state index contributed by atoms with van der Waals surface area (Å²) in [6.45, 7) is 0. The normalized spacial score (nSPS) is 16.0. The maximum absolute atomic E-state index is 13.6. The summed E-state index contributed by atoms with van der Waals surface area (Å²) >= 11 is 0. The summed E-state index contributed by atoms with van der Waals surface area (Å²) in [7, 11) is 1.52. The Bertz CT molecular complexity index is 1370. The summed E-state index contributed by atoms with van der Waals surface area (Å²) < 4.78 is 24.5. The van der Waals surface area contributed by atoms with Crippen molar-refractivity contribution in [2.45, 2.75) is 6.04 Å². The van der Waals surface area contributed by atoms with Crippen molar-refractivity contribution in [1.82, 2.24) is 0 Å². The van der Waals surface area contributed by atoms with E-state index in [4.69, 9.17) is 9.15 Å². The molecule has 1 aromatic heterocycles. The van der Waals surface area contributed by atoms with E-state index in [-0.39, 0.29) is 11.3 Å². The van der Waals surface area contributed by atoms with Crippen molar-refractivity contribution < 1.29 is 28.2 Å². The van der Waals surface area contributed by atoms with Gasteiger partial charge in [0.05, 0.1) is 18.7 Å². The zero-order chi connectivity index (χ0) is 23.1. The average Bonchev–Trinajstić information content (AvgIpc) is 3.39. The van der Waals surface area contributed by atoms with Crippen LogP contribution < -0.4 is 9.64 Å². The van der Waals surface area contributed by atoms with Crippen molar-refractivity contribution in [2.24, 2.45) is 0 Å². The molecule has 0 saturated carbocycles. The number of carbonyl (C=O) groups excluding carboxylic acids is 2. The number of fused-ring (bicyclic) bond motifs is 1. The number of ketones is 1. The molecule has 6 nitrogen and oxygen atoms in total. The fraction of sp³-hybridized carbons (Fsp3) is 0.0769. The van der Waals surface area contributed by atoms with Gasteiger partial charge < -0.3 is 14.3 Å². The van der Waals surface area contributed by atoms with Gasteiger partial charge in [0.2, 0.25) is 5.78 Å². The molecule has 0 bridgehead atoms. The molecule has 1 unspecified atom stereocenters. The number of amides is 1. The first-order valence-corrected chi connectivity index (χ1v) is 10.2.